The van der Waals surface area contributed by atoms with Crippen LogP contribution in [0.5, 0.6) is 11.5 Å². The van der Waals surface area contributed by atoms with Crippen LogP contribution in [0.3, 0.4) is 0 Å². The molecule has 1 aromatic carbocycles. The largest absolute Gasteiger partial charge is 0.504 e. The van der Waals surface area contributed by atoms with Crippen molar-refractivity contribution < 1.29 is 84.3 Å². The van der Waals surface area contributed by atoms with E-state index < -0.39 is 129 Å². The van der Waals surface area contributed by atoms with Crippen LogP contribution in [0.25, 0.3) is 6.08 Å². The maximum Gasteiger partial charge on any atom is 0.333 e. The lowest BCUT2D eigenvalue weighted by molar-refractivity contribution is -0.398. The molecule has 1 aromatic rings. The van der Waals surface area contributed by atoms with Crippen LogP contribution >= 0.6 is 0 Å². The molecule has 16 N–H and O–H groups in total. The number of aromatic hydroxyl groups is 2. The number of aliphatic hydroxyl groups is 8. The van der Waals surface area contributed by atoms with E-state index in [2.05, 4.69) is 0 Å². The molecule has 3 aliphatic rings. The minimum absolute atomic E-state index is 0.251. The Labute approximate surface area is 266 Å². The molecule has 0 spiro atoms. The number of hydrogen-bond donors (Lipinski definition) is 13. The summed E-state index contributed by atoms with van der Waals surface area (Å²) in [6.07, 6.45) is -16.2. The summed E-state index contributed by atoms with van der Waals surface area (Å²) >= 11 is 0. The van der Waals surface area contributed by atoms with Crippen molar-refractivity contribution in [1.29, 1.82) is 0 Å². The molecule has 3 saturated heterocycles. The number of aliphatic hydroxyl groups excluding tert-OH is 8. The molecule has 0 radical (unpaired) electrons. The Morgan fingerprint density at radius 2 is 1.38 bits per heavy atom. The molecule has 0 aliphatic carbocycles. The van der Waals surface area contributed by atoms with Gasteiger partial charge in [0.1, 0.15) is 55.4 Å². The molecule has 4 rings (SSSR count). The van der Waals surface area contributed by atoms with Crippen molar-refractivity contribution in [2.75, 3.05) is 19.8 Å². The van der Waals surface area contributed by atoms with Gasteiger partial charge < -0.3 is 96.7 Å². The van der Waals surface area contributed by atoms with Crippen molar-refractivity contribution in [3.63, 3.8) is 0 Å². The monoisotopic (exact) mass is 679 g/mol. The molecule has 20 heteroatoms. The van der Waals surface area contributed by atoms with Crippen LogP contribution in [0, 0.1) is 0 Å². The number of phenolic OH excluding ortho intramolecular Hbond substituents is 2. The van der Waals surface area contributed by atoms with E-state index in [0.29, 0.717) is 0 Å². The van der Waals surface area contributed by atoms with Crippen molar-refractivity contribution in [3.05, 3.63) is 29.8 Å². The van der Waals surface area contributed by atoms with E-state index in [0.717, 1.165) is 24.3 Å². The normalized spacial score (nSPS) is 42.8. The van der Waals surface area contributed by atoms with E-state index in [1.807, 2.05) is 0 Å². The molecule has 266 valence electrons. The molecule has 0 aromatic heterocycles. The lowest BCUT2D eigenvalue weighted by atomic mass is 9.93. The number of esters is 1. The van der Waals surface area contributed by atoms with E-state index in [1.165, 1.54) is 6.07 Å². The quantitative estimate of drug-likeness (QED) is 0.0620. The number of carbonyl (C=O) groups excluding carboxylic acids is 1. The van der Waals surface area contributed by atoms with Gasteiger partial charge in [0.25, 0.3) is 5.79 Å². The van der Waals surface area contributed by atoms with Gasteiger partial charge in [-0.3, -0.25) is 0 Å². The topological polar surface area (TPSA) is 353 Å². The third-order valence-corrected chi connectivity index (χ3v) is 8.11. The van der Waals surface area contributed by atoms with E-state index in [9.17, 15) is 55.9 Å². The van der Waals surface area contributed by atoms with Crippen LogP contribution in [0.15, 0.2) is 24.3 Å². The Balaban J connectivity index is 1.49. The van der Waals surface area contributed by atoms with Crippen LogP contribution in [-0.4, -0.2) is 168 Å². The maximum absolute atomic E-state index is 12.7. The van der Waals surface area contributed by atoms with Gasteiger partial charge in [-0.2, -0.15) is 0 Å². The molecule has 0 saturated carbocycles. The van der Waals surface area contributed by atoms with Crippen LogP contribution < -0.4 is 17.2 Å². The van der Waals surface area contributed by atoms with Crippen LogP contribution in [0.1, 0.15) is 5.56 Å². The van der Waals surface area contributed by atoms with Gasteiger partial charge in [0.05, 0.1) is 31.3 Å². The number of hydrogen-bond acceptors (Lipinski definition) is 20. The highest BCUT2D eigenvalue weighted by Crippen LogP contribution is 2.35. The molecule has 47 heavy (non-hydrogen) atoms. The van der Waals surface area contributed by atoms with E-state index in [1.54, 1.807) is 0 Å². The SMILES string of the molecule is N[C@H]1[C@@H](OC2[C@@H](CO)O[C@@H](OC3[C@@H](CO)O[C@@H](O)[C@H](N)[C@H]3O)[C@H](N)[C@H]2O)O[C@](CO)(OC(=O)/C=C/c2ccc(O)c(O)c2)[C@@H](O)[C@@H]1O. The zero-order chi connectivity index (χ0) is 34.8. The molecule has 3 heterocycles. The molecular weight excluding hydrogens is 638 g/mol. The summed E-state index contributed by atoms with van der Waals surface area (Å²) in [7, 11) is 0. The maximum atomic E-state index is 12.7. The van der Waals surface area contributed by atoms with E-state index in [-0.39, 0.29) is 5.56 Å². The van der Waals surface area contributed by atoms with Crippen LogP contribution in [-0.2, 0) is 33.2 Å². The molecule has 3 aliphatic heterocycles. The van der Waals surface area contributed by atoms with Gasteiger partial charge in [0.2, 0.25) is 0 Å². The lowest BCUT2D eigenvalue weighted by Gasteiger charge is -2.50. The Kier molecular flexibility index (Phi) is 12.1. The second-order valence-corrected chi connectivity index (χ2v) is 11.3. The van der Waals surface area contributed by atoms with Crippen molar-refractivity contribution in [1.82, 2.24) is 0 Å². The first-order chi connectivity index (χ1) is 22.2. The summed E-state index contributed by atoms with van der Waals surface area (Å²) in [6.45, 7) is -2.79. The molecule has 0 amide bonds. The van der Waals surface area contributed by atoms with E-state index in [4.69, 9.17) is 45.6 Å². The second-order valence-electron chi connectivity index (χ2n) is 11.3. The summed E-state index contributed by atoms with van der Waals surface area (Å²) in [5.74, 6) is -4.74. The van der Waals surface area contributed by atoms with Crippen molar-refractivity contribution in [2.45, 2.75) is 91.6 Å². The summed E-state index contributed by atoms with van der Waals surface area (Å²) in [5, 5.41) is 102. The fourth-order valence-electron chi connectivity index (χ4n) is 5.31. The van der Waals surface area contributed by atoms with Crippen molar-refractivity contribution in [2.24, 2.45) is 17.2 Å². The smallest absolute Gasteiger partial charge is 0.333 e. The molecular formula is C27H41N3O17. The first kappa shape index (κ1) is 37.2. The number of ether oxygens (including phenoxy) is 6. The van der Waals surface area contributed by atoms with Gasteiger partial charge >= 0.3 is 5.97 Å². The van der Waals surface area contributed by atoms with Crippen LogP contribution in [0.2, 0.25) is 0 Å². The van der Waals surface area contributed by atoms with Gasteiger partial charge in [-0.05, 0) is 23.8 Å². The number of nitrogens with two attached hydrogens (primary N) is 3. The summed E-state index contributed by atoms with van der Waals surface area (Å²) in [5.41, 5.74) is 18.1. The van der Waals surface area contributed by atoms with Gasteiger partial charge in [0.15, 0.2) is 30.4 Å². The number of rotatable bonds is 10. The summed E-state index contributed by atoms with van der Waals surface area (Å²) in [6, 6.07) is -0.788. The molecule has 20 nitrogen and oxygen atoms in total. The Morgan fingerprint density at radius 1 is 0.809 bits per heavy atom. The highest BCUT2D eigenvalue weighted by molar-refractivity contribution is 5.87. The Hall–Kier alpha value is -2.61. The average molecular weight is 680 g/mol. The minimum Gasteiger partial charge on any atom is -0.504 e. The average Bonchev–Trinajstić information content (AvgIpc) is 3.05. The predicted molar refractivity (Wildman–Crippen MR) is 151 cm³/mol. The fraction of sp³-hybridized carbons (Fsp3) is 0.667. The third-order valence-electron chi connectivity index (χ3n) is 8.11. The molecule has 15 atom stereocenters. The molecule has 0 bridgehead atoms. The zero-order valence-electron chi connectivity index (χ0n) is 24.7. The van der Waals surface area contributed by atoms with Gasteiger partial charge in [0, 0.05) is 6.08 Å². The lowest BCUT2D eigenvalue weighted by Crippen LogP contribution is -2.72. The number of phenols is 2. The van der Waals surface area contributed by atoms with Crippen molar-refractivity contribution >= 4 is 12.0 Å². The highest BCUT2D eigenvalue weighted by atomic mass is 16.8. The Bertz CT molecular complexity index is 1240. The fourth-order valence-corrected chi connectivity index (χ4v) is 5.31. The first-order valence-electron chi connectivity index (χ1n) is 14.4. The standard InChI is InChI=1S/C27H41N3O17/c28-15-18(37)21(12(6-31)42-24(15)41)44-25-16(29)19(38)22(13(7-32)43-25)45-26-17(30)20(39)23(40)27(8-33,47-26)46-14(36)4-2-9-1-3-10(34)11(35)5-9/h1-5,12-13,15-26,31-35,37-41H,6-8,28-30H2/b4-2+/t12-,13-,15-,16-,17-,18-,19-,20-,21?,22?,23+,24-,25+,26+,27+/m1/s1. The Morgan fingerprint density at radius 3 is 1.98 bits per heavy atom. The third kappa shape index (κ3) is 7.68. The first-order valence-corrected chi connectivity index (χ1v) is 14.4. The molecule has 3 fully saturated rings. The second kappa shape index (κ2) is 15.3. The van der Waals surface area contributed by atoms with Gasteiger partial charge in [-0.15, -0.1) is 0 Å². The zero-order valence-corrected chi connectivity index (χ0v) is 24.7. The summed E-state index contributed by atoms with van der Waals surface area (Å²) < 4.78 is 33.0. The van der Waals surface area contributed by atoms with Crippen molar-refractivity contribution in [3.8, 4) is 11.5 Å². The van der Waals surface area contributed by atoms with Gasteiger partial charge in [-0.1, -0.05) is 6.07 Å². The van der Waals surface area contributed by atoms with Gasteiger partial charge in [-0.25, -0.2) is 4.79 Å². The molecule has 2 unspecified atom stereocenters. The number of benzene rings is 1. The van der Waals surface area contributed by atoms with E-state index >= 15 is 0 Å². The highest BCUT2D eigenvalue weighted by Gasteiger charge is 2.58. The summed E-state index contributed by atoms with van der Waals surface area (Å²) in [4.78, 5) is 12.7. The number of carbonyl (C=O) groups is 1. The van der Waals surface area contributed by atoms with Crippen LogP contribution in [0.4, 0.5) is 0 Å². The minimum atomic E-state index is -2.67. The predicted octanol–water partition coefficient (Wildman–Crippen LogP) is -6.68.